The highest BCUT2D eigenvalue weighted by atomic mass is 35.5. The van der Waals surface area contributed by atoms with Crippen molar-refractivity contribution in [1.82, 2.24) is 25.1 Å². The number of fused-ring (bicyclic) bond motifs is 1. The summed E-state index contributed by atoms with van der Waals surface area (Å²) in [6.07, 6.45) is 7.72. The van der Waals surface area contributed by atoms with Crippen LogP contribution >= 0.6 is 12.4 Å². The molecule has 1 aliphatic heterocycles. The Balaban J connectivity index is 0.00000253. The van der Waals surface area contributed by atoms with Crippen molar-refractivity contribution in [2.75, 3.05) is 31.1 Å². The van der Waals surface area contributed by atoms with Crippen molar-refractivity contribution in [2.45, 2.75) is 6.54 Å². The lowest BCUT2D eigenvalue weighted by Gasteiger charge is -2.29. The van der Waals surface area contributed by atoms with Gasteiger partial charge in [-0.25, -0.2) is 9.37 Å². The molecule has 6 rings (SSSR count). The van der Waals surface area contributed by atoms with Crippen molar-refractivity contribution in [3.05, 3.63) is 90.8 Å². The van der Waals surface area contributed by atoms with E-state index < -0.39 is 0 Å². The van der Waals surface area contributed by atoms with Crippen LogP contribution < -0.4 is 10.2 Å². The molecule has 1 aliphatic rings. The number of nitrogens with zero attached hydrogens (tertiary/aromatic N) is 4. The third-order valence-corrected chi connectivity index (χ3v) is 6.39. The SMILES string of the molecule is Cl.Fc1cccc(Cn2cc(-c3c[nH]c4ncc(-c5ccc(N6CCNCC6)cc5)cc34)cn2)c1. The van der Waals surface area contributed by atoms with Crippen LogP contribution in [0.25, 0.3) is 33.3 Å². The number of halogens is 2. The van der Waals surface area contributed by atoms with E-state index in [1.807, 2.05) is 35.5 Å². The fourth-order valence-electron chi connectivity index (χ4n) is 4.60. The van der Waals surface area contributed by atoms with Crippen LogP contribution in [0.3, 0.4) is 0 Å². The Kier molecular flexibility index (Phi) is 6.53. The predicted octanol–water partition coefficient (Wildman–Crippen LogP) is 5.11. The first-order chi connectivity index (χ1) is 16.7. The number of rotatable bonds is 5. The van der Waals surface area contributed by atoms with Gasteiger partial charge in [0, 0.05) is 72.5 Å². The van der Waals surface area contributed by atoms with Crippen LogP contribution in [-0.4, -0.2) is 45.9 Å². The van der Waals surface area contributed by atoms with E-state index in [4.69, 9.17) is 0 Å². The molecular formula is C27H26ClFN6. The number of nitrogens with one attached hydrogen (secondary N) is 2. The molecule has 35 heavy (non-hydrogen) atoms. The van der Waals surface area contributed by atoms with Crippen molar-refractivity contribution in [3.8, 4) is 22.3 Å². The van der Waals surface area contributed by atoms with E-state index in [9.17, 15) is 4.39 Å². The third-order valence-electron chi connectivity index (χ3n) is 6.39. The summed E-state index contributed by atoms with van der Waals surface area (Å²) < 4.78 is 15.4. The minimum Gasteiger partial charge on any atom is -0.369 e. The standard InChI is InChI=1S/C27H25FN6.ClH/c28-23-3-1-2-19(12-23)17-34-18-22(15-32-34)26-16-31-27-25(26)13-21(14-30-27)20-4-6-24(7-5-20)33-10-8-29-9-11-33;/h1-7,12-16,18,29H,8-11,17H2,(H,30,31);1H. The van der Waals surface area contributed by atoms with Gasteiger partial charge >= 0.3 is 0 Å². The molecule has 5 aromatic rings. The second-order valence-corrected chi connectivity index (χ2v) is 8.66. The Morgan fingerprint density at radius 2 is 1.74 bits per heavy atom. The van der Waals surface area contributed by atoms with Crippen LogP contribution in [-0.2, 0) is 6.54 Å². The minimum absolute atomic E-state index is 0. The van der Waals surface area contributed by atoms with Crippen LogP contribution in [0.5, 0.6) is 0 Å². The van der Waals surface area contributed by atoms with Gasteiger partial charge in [0.1, 0.15) is 11.5 Å². The van der Waals surface area contributed by atoms with Crippen molar-refractivity contribution >= 4 is 29.1 Å². The van der Waals surface area contributed by atoms with Gasteiger partial charge in [0.25, 0.3) is 0 Å². The number of aromatic amines is 1. The van der Waals surface area contributed by atoms with E-state index in [-0.39, 0.29) is 18.2 Å². The lowest BCUT2D eigenvalue weighted by atomic mass is 10.0. The van der Waals surface area contributed by atoms with E-state index in [1.54, 1.807) is 6.07 Å². The molecule has 0 bridgehead atoms. The van der Waals surface area contributed by atoms with Gasteiger partial charge < -0.3 is 15.2 Å². The predicted molar refractivity (Wildman–Crippen MR) is 141 cm³/mol. The van der Waals surface area contributed by atoms with Crippen molar-refractivity contribution in [3.63, 3.8) is 0 Å². The molecule has 8 heteroatoms. The molecule has 3 aromatic heterocycles. The summed E-state index contributed by atoms with van der Waals surface area (Å²) in [5, 5.41) is 8.94. The summed E-state index contributed by atoms with van der Waals surface area (Å²) in [6.45, 7) is 4.64. The Hall–Kier alpha value is -3.68. The lowest BCUT2D eigenvalue weighted by molar-refractivity contribution is 0.589. The number of piperazine rings is 1. The first-order valence-electron chi connectivity index (χ1n) is 11.5. The Morgan fingerprint density at radius 3 is 2.54 bits per heavy atom. The summed E-state index contributed by atoms with van der Waals surface area (Å²) in [5.74, 6) is -0.235. The molecule has 0 aliphatic carbocycles. The maximum Gasteiger partial charge on any atom is 0.137 e. The Morgan fingerprint density at radius 1 is 0.914 bits per heavy atom. The van der Waals surface area contributed by atoms with Gasteiger partial charge in [0.2, 0.25) is 0 Å². The molecule has 0 unspecified atom stereocenters. The van der Waals surface area contributed by atoms with Gasteiger partial charge in [0.05, 0.1) is 12.7 Å². The first-order valence-corrected chi connectivity index (χ1v) is 11.5. The monoisotopic (exact) mass is 488 g/mol. The summed E-state index contributed by atoms with van der Waals surface area (Å²) in [6, 6.07) is 17.5. The first kappa shape index (κ1) is 23.1. The van der Waals surface area contributed by atoms with Crippen molar-refractivity contribution < 1.29 is 4.39 Å². The van der Waals surface area contributed by atoms with Crippen molar-refractivity contribution in [2.24, 2.45) is 0 Å². The molecular weight excluding hydrogens is 463 g/mol. The molecule has 0 spiro atoms. The van der Waals surface area contributed by atoms with E-state index in [0.29, 0.717) is 6.54 Å². The van der Waals surface area contributed by atoms with Crippen LogP contribution in [0.4, 0.5) is 10.1 Å². The zero-order valence-electron chi connectivity index (χ0n) is 19.1. The summed E-state index contributed by atoms with van der Waals surface area (Å²) in [4.78, 5) is 10.3. The molecule has 6 nitrogen and oxygen atoms in total. The molecule has 0 saturated carbocycles. The van der Waals surface area contributed by atoms with Crippen LogP contribution in [0, 0.1) is 5.82 Å². The minimum atomic E-state index is -0.235. The van der Waals surface area contributed by atoms with Crippen LogP contribution in [0.15, 0.2) is 79.4 Å². The molecule has 2 N–H and O–H groups in total. The molecule has 4 heterocycles. The lowest BCUT2D eigenvalue weighted by Crippen LogP contribution is -2.43. The van der Waals surface area contributed by atoms with Crippen LogP contribution in [0.2, 0.25) is 0 Å². The number of aromatic nitrogens is 4. The van der Waals surface area contributed by atoms with Gasteiger partial charge in [-0.2, -0.15) is 5.10 Å². The second-order valence-electron chi connectivity index (χ2n) is 8.66. The topological polar surface area (TPSA) is 61.8 Å². The number of hydrogen-bond acceptors (Lipinski definition) is 4. The number of benzene rings is 2. The zero-order valence-corrected chi connectivity index (χ0v) is 19.9. The van der Waals surface area contributed by atoms with Gasteiger partial charge in [-0.15, -0.1) is 12.4 Å². The van der Waals surface area contributed by atoms with Gasteiger partial charge in [-0.1, -0.05) is 24.3 Å². The summed E-state index contributed by atoms with van der Waals surface area (Å²) in [5.41, 5.74) is 7.24. The average Bonchev–Trinajstić information content (AvgIpc) is 3.51. The Bertz CT molecular complexity index is 1440. The van der Waals surface area contributed by atoms with E-state index in [0.717, 1.165) is 65.0 Å². The maximum atomic E-state index is 13.5. The quantitative estimate of drug-likeness (QED) is 0.361. The van der Waals surface area contributed by atoms with Crippen LogP contribution in [0.1, 0.15) is 5.56 Å². The second kappa shape index (κ2) is 9.90. The fourth-order valence-corrected chi connectivity index (χ4v) is 4.60. The van der Waals surface area contributed by atoms with Crippen molar-refractivity contribution in [1.29, 1.82) is 0 Å². The highest BCUT2D eigenvalue weighted by Gasteiger charge is 2.13. The highest BCUT2D eigenvalue weighted by Crippen LogP contribution is 2.31. The molecule has 2 aromatic carbocycles. The number of anilines is 1. The third kappa shape index (κ3) is 4.78. The summed E-state index contributed by atoms with van der Waals surface area (Å²) in [7, 11) is 0. The largest absolute Gasteiger partial charge is 0.369 e. The average molecular weight is 489 g/mol. The van der Waals surface area contributed by atoms with E-state index in [1.165, 1.54) is 17.8 Å². The highest BCUT2D eigenvalue weighted by molar-refractivity contribution is 5.95. The molecule has 1 saturated heterocycles. The Labute approximate surface area is 209 Å². The molecule has 0 atom stereocenters. The fraction of sp³-hybridized carbons (Fsp3) is 0.185. The number of hydrogen-bond donors (Lipinski definition) is 2. The zero-order chi connectivity index (χ0) is 22.9. The van der Waals surface area contributed by atoms with Gasteiger partial charge in [-0.3, -0.25) is 4.68 Å². The number of pyridine rings is 1. The van der Waals surface area contributed by atoms with Gasteiger partial charge in [0.15, 0.2) is 0 Å². The number of H-pyrrole nitrogens is 1. The molecule has 1 fully saturated rings. The molecule has 0 radical (unpaired) electrons. The smallest absolute Gasteiger partial charge is 0.137 e. The van der Waals surface area contributed by atoms with E-state index in [2.05, 4.69) is 55.6 Å². The summed E-state index contributed by atoms with van der Waals surface area (Å²) >= 11 is 0. The van der Waals surface area contributed by atoms with Gasteiger partial charge in [-0.05, 0) is 41.5 Å². The molecule has 178 valence electrons. The molecule has 0 amide bonds. The maximum absolute atomic E-state index is 13.5. The normalized spacial score (nSPS) is 13.7. The van der Waals surface area contributed by atoms with E-state index >= 15 is 0 Å².